The highest BCUT2D eigenvalue weighted by Crippen LogP contribution is 2.25. The molecular formula is C12H10Cl2O4. The lowest BCUT2D eigenvalue weighted by molar-refractivity contribution is -0.138. The van der Waals surface area contributed by atoms with Gasteiger partial charge in [-0.15, -0.1) is 0 Å². The van der Waals surface area contributed by atoms with Gasteiger partial charge in [0, 0.05) is 18.1 Å². The molecule has 0 amide bonds. The second-order valence-electron chi connectivity index (χ2n) is 3.52. The molecule has 1 aromatic rings. The Morgan fingerprint density at radius 3 is 2.33 bits per heavy atom. The predicted molar refractivity (Wildman–Crippen MR) is 68.9 cm³/mol. The third-order valence-corrected chi connectivity index (χ3v) is 2.84. The summed E-state index contributed by atoms with van der Waals surface area (Å²) in [6.45, 7) is 0. The summed E-state index contributed by atoms with van der Waals surface area (Å²) in [5, 5.41) is 18.7. The van der Waals surface area contributed by atoms with Crippen LogP contribution in [0.1, 0.15) is 18.4 Å². The molecule has 0 aromatic heterocycles. The number of carbonyl (C=O) groups is 2. The van der Waals surface area contributed by atoms with Crippen LogP contribution in [0.25, 0.3) is 5.76 Å². The Bertz CT molecular complexity index is 509. The van der Waals surface area contributed by atoms with Crippen molar-refractivity contribution in [3.8, 4) is 0 Å². The van der Waals surface area contributed by atoms with Gasteiger partial charge in [0.15, 0.2) is 5.78 Å². The van der Waals surface area contributed by atoms with Gasteiger partial charge in [-0.1, -0.05) is 23.2 Å². The van der Waals surface area contributed by atoms with E-state index in [0.29, 0.717) is 10.6 Å². The minimum absolute atomic E-state index is 0.166. The van der Waals surface area contributed by atoms with Crippen LogP contribution in [0.4, 0.5) is 0 Å². The number of aliphatic hydroxyl groups is 1. The summed E-state index contributed by atoms with van der Waals surface area (Å²) >= 11 is 11.5. The molecular weight excluding hydrogens is 279 g/mol. The highest BCUT2D eigenvalue weighted by molar-refractivity contribution is 6.42. The van der Waals surface area contributed by atoms with E-state index in [4.69, 9.17) is 28.3 Å². The van der Waals surface area contributed by atoms with E-state index in [0.717, 1.165) is 6.08 Å². The predicted octanol–water partition coefficient (Wildman–Crippen LogP) is 3.33. The van der Waals surface area contributed by atoms with Gasteiger partial charge in [0.25, 0.3) is 0 Å². The van der Waals surface area contributed by atoms with Crippen LogP contribution in [-0.2, 0) is 9.59 Å². The van der Waals surface area contributed by atoms with Crippen LogP contribution >= 0.6 is 23.2 Å². The number of carbonyl (C=O) groups excluding carboxylic acids is 1. The van der Waals surface area contributed by atoms with Crippen LogP contribution in [-0.4, -0.2) is 22.0 Å². The highest BCUT2D eigenvalue weighted by Gasteiger charge is 2.07. The van der Waals surface area contributed by atoms with Crippen LogP contribution < -0.4 is 0 Å². The molecule has 6 heteroatoms. The van der Waals surface area contributed by atoms with Crippen LogP contribution in [0.2, 0.25) is 10.0 Å². The average Bonchev–Trinajstić information content (AvgIpc) is 2.30. The molecule has 0 saturated carbocycles. The normalized spacial score (nSPS) is 11.3. The maximum atomic E-state index is 11.3. The van der Waals surface area contributed by atoms with Gasteiger partial charge in [0.2, 0.25) is 0 Å². The fraction of sp³-hybridized carbons (Fsp3) is 0.167. The minimum Gasteiger partial charge on any atom is -0.507 e. The van der Waals surface area contributed by atoms with E-state index in [1.807, 2.05) is 0 Å². The first kappa shape index (κ1) is 14.5. The molecule has 0 aliphatic rings. The number of aliphatic carboxylic acids is 1. The van der Waals surface area contributed by atoms with Crippen molar-refractivity contribution in [1.29, 1.82) is 0 Å². The van der Waals surface area contributed by atoms with Gasteiger partial charge in [0.05, 0.1) is 16.5 Å². The first-order valence-electron chi connectivity index (χ1n) is 5.01. The molecule has 0 atom stereocenters. The third kappa shape index (κ3) is 4.39. The number of carboxylic acid groups (broad SMARTS) is 1. The molecule has 1 rings (SSSR count). The second-order valence-corrected chi connectivity index (χ2v) is 4.33. The summed E-state index contributed by atoms with van der Waals surface area (Å²) in [7, 11) is 0. The maximum Gasteiger partial charge on any atom is 0.303 e. The largest absolute Gasteiger partial charge is 0.507 e. The van der Waals surface area contributed by atoms with Crippen molar-refractivity contribution in [1.82, 2.24) is 0 Å². The Morgan fingerprint density at radius 1 is 1.11 bits per heavy atom. The Labute approximate surface area is 113 Å². The average molecular weight is 289 g/mol. The molecule has 0 unspecified atom stereocenters. The number of carboxylic acids is 1. The lowest BCUT2D eigenvalue weighted by atomic mass is 10.1. The monoisotopic (exact) mass is 288 g/mol. The number of hydrogen-bond acceptors (Lipinski definition) is 3. The Hall–Kier alpha value is -1.52. The number of rotatable bonds is 5. The van der Waals surface area contributed by atoms with Gasteiger partial charge in [-0.3, -0.25) is 9.59 Å². The second kappa shape index (κ2) is 6.42. The standard InChI is InChI=1S/C12H10Cl2O4/c13-9-3-1-7(5-10(9)14)11(16)6-8(15)2-4-12(17)18/h1,3,5-6,16H,2,4H2,(H,17,18)/b11-6-. The molecule has 0 spiro atoms. The molecule has 0 saturated heterocycles. The zero-order valence-electron chi connectivity index (χ0n) is 9.19. The van der Waals surface area contributed by atoms with E-state index in [-0.39, 0.29) is 23.6 Å². The lowest BCUT2D eigenvalue weighted by Gasteiger charge is -2.02. The lowest BCUT2D eigenvalue weighted by Crippen LogP contribution is -2.01. The number of benzene rings is 1. The van der Waals surface area contributed by atoms with Crippen LogP contribution in [0.5, 0.6) is 0 Å². The van der Waals surface area contributed by atoms with Crippen molar-refractivity contribution in [3.05, 3.63) is 39.9 Å². The summed E-state index contributed by atoms with van der Waals surface area (Å²) in [4.78, 5) is 21.6. The van der Waals surface area contributed by atoms with E-state index >= 15 is 0 Å². The minimum atomic E-state index is -1.06. The number of allylic oxidation sites excluding steroid dienone is 1. The van der Waals surface area contributed by atoms with Gasteiger partial charge in [-0.25, -0.2) is 0 Å². The quantitative estimate of drug-likeness (QED) is 0.644. The summed E-state index contributed by atoms with van der Waals surface area (Å²) in [6.07, 6.45) is 0.535. The van der Waals surface area contributed by atoms with Crippen LogP contribution in [0.15, 0.2) is 24.3 Å². The number of hydrogen-bond donors (Lipinski definition) is 2. The Balaban J connectivity index is 2.79. The molecule has 0 bridgehead atoms. The van der Waals surface area contributed by atoms with Gasteiger partial charge in [-0.05, 0) is 18.2 Å². The highest BCUT2D eigenvalue weighted by atomic mass is 35.5. The van der Waals surface area contributed by atoms with Crippen molar-refractivity contribution in [2.45, 2.75) is 12.8 Å². The molecule has 2 N–H and O–H groups in total. The van der Waals surface area contributed by atoms with Crippen LogP contribution in [0.3, 0.4) is 0 Å². The summed E-state index contributed by atoms with van der Waals surface area (Å²) in [5.41, 5.74) is 0.341. The van der Waals surface area contributed by atoms with E-state index in [1.54, 1.807) is 0 Å². The number of aliphatic hydroxyl groups excluding tert-OH is 1. The van der Waals surface area contributed by atoms with Gasteiger partial charge < -0.3 is 10.2 Å². The van der Waals surface area contributed by atoms with E-state index < -0.39 is 11.8 Å². The van der Waals surface area contributed by atoms with Gasteiger partial charge in [-0.2, -0.15) is 0 Å². The molecule has 0 aliphatic heterocycles. The van der Waals surface area contributed by atoms with Crippen molar-refractivity contribution in [3.63, 3.8) is 0 Å². The number of halogens is 2. The van der Waals surface area contributed by atoms with Crippen molar-refractivity contribution >= 4 is 40.7 Å². The molecule has 18 heavy (non-hydrogen) atoms. The first-order valence-corrected chi connectivity index (χ1v) is 5.76. The van der Waals surface area contributed by atoms with Gasteiger partial charge in [0.1, 0.15) is 5.76 Å². The fourth-order valence-electron chi connectivity index (χ4n) is 1.19. The first-order chi connectivity index (χ1) is 8.40. The molecule has 0 aliphatic carbocycles. The molecule has 96 valence electrons. The summed E-state index contributed by atoms with van der Waals surface area (Å²) in [6, 6.07) is 4.41. The molecule has 0 heterocycles. The Kier molecular flexibility index (Phi) is 5.19. The van der Waals surface area contributed by atoms with Crippen LogP contribution in [0, 0.1) is 0 Å². The Morgan fingerprint density at radius 2 is 1.78 bits per heavy atom. The molecule has 0 fully saturated rings. The SMILES string of the molecule is O=C(O)CCC(=O)/C=C(\O)c1ccc(Cl)c(Cl)c1. The number of ketones is 1. The van der Waals surface area contributed by atoms with E-state index in [1.165, 1.54) is 18.2 Å². The van der Waals surface area contributed by atoms with E-state index in [2.05, 4.69) is 0 Å². The topological polar surface area (TPSA) is 74.6 Å². The molecule has 4 nitrogen and oxygen atoms in total. The fourth-order valence-corrected chi connectivity index (χ4v) is 1.49. The molecule has 1 aromatic carbocycles. The maximum absolute atomic E-state index is 11.3. The van der Waals surface area contributed by atoms with Gasteiger partial charge >= 0.3 is 5.97 Å². The molecule has 0 radical (unpaired) electrons. The third-order valence-electron chi connectivity index (χ3n) is 2.10. The zero-order chi connectivity index (χ0) is 13.7. The zero-order valence-corrected chi connectivity index (χ0v) is 10.7. The van der Waals surface area contributed by atoms with Crippen molar-refractivity contribution in [2.24, 2.45) is 0 Å². The smallest absolute Gasteiger partial charge is 0.303 e. The van der Waals surface area contributed by atoms with Crippen molar-refractivity contribution in [2.75, 3.05) is 0 Å². The summed E-state index contributed by atoms with van der Waals surface area (Å²) in [5.74, 6) is -1.81. The summed E-state index contributed by atoms with van der Waals surface area (Å²) < 4.78 is 0. The van der Waals surface area contributed by atoms with E-state index in [9.17, 15) is 14.7 Å². The van der Waals surface area contributed by atoms with Crippen molar-refractivity contribution < 1.29 is 19.8 Å².